The van der Waals surface area contributed by atoms with Gasteiger partial charge in [-0.05, 0) is 12.1 Å². The molecule has 21 heavy (non-hydrogen) atoms. The largest absolute Gasteiger partial charge is 0.467 e. The summed E-state index contributed by atoms with van der Waals surface area (Å²) in [5.74, 6) is -3.09. The lowest BCUT2D eigenvalue weighted by molar-refractivity contribution is -0.174. The highest BCUT2D eigenvalue weighted by molar-refractivity contribution is 6.20. The van der Waals surface area contributed by atoms with E-state index in [1.165, 1.54) is 19.2 Å². The molecule has 0 fully saturated rings. The number of hydrogen-bond donors (Lipinski definition) is 0. The van der Waals surface area contributed by atoms with E-state index < -0.39 is 37.0 Å². The Hall–Kier alpha value is -2.74. The van der Waals surface area contributed by atoms with Gasteiger partial charge >= 0.3 is 11.9 Å². The summed E-state index contributed by atoms with van der Waals surface area (Å²) >= 11 is 0. The predicted molar refractivity (Wildman–Crippen MR) is 65.9 cm³/mol. The first-order valence-corrected chi connectivity index (χ1v) is 5.87. The Balaban J connectivity index is 1.93. The van der Waals surface area contributed by atoms with Crippen LogP contribution in [-0.4, -0.2) is 49.1 Å². The Bertz CT molecular complexity index is 575. The standard InChI is InChI=1S/C13H11NO7/c1-19-10(15)6-20-7-11(16)21-14-12(17)8-4-2-3-5-9(8)13(14)18/h2-5H,6-7H2,1H3. The number of rotatable bonds is 5. The van der Waals surface area contributed by atoms with Gasteiger partial charge in [0.25, 0.3) is 11.8 Å². The third kappa shape index (κ3) is 3.06. The summed E-state index contributed by atoms with van der Waals surface area (Å²) in [4.78, 5) is 50.7. The van der Waals surface area contributed by atoms with Gasteiger partial charge in [0.15, 0.2) is 0 Å². The fraction of sp³-hybridized carbons (Fsp3) is 0.231. The van der Waals surface area contributed by atoms with Crippen molar-refractivity contribution < 1.29 is 33.5 Å². The SMILES string of the molecule is COC(=O)COCC(=O)ON1C(=O)c2ccccc2C1=O. The van der Waals surface area contributed by atoms with Gasteiger partial charge in [0.05, 0.1) is 18.2 Å². The van der Waals surface area contributed by atoms with E-state index in [-0.39, 0.29) is 11.1 Å². The van der Waals surface area contributed by atoms with Gasteiger partial charge in [-0.1, -0.05) is 17.2 Å². The van der Waals surface area contributed by atoms with Gasteiger partial charge in [-0.25, -0.2) is 9.59 Å². The van der Waals surface area contributed by atoms with Gasteiger partial charge in [0.2, 0.25) is 0 Å². The van der Waals surface area contributed by atoms with Crippen LogP contribution < -0.4 is 0 Å². The molecule has 0 bridgehead atoms. The van der Waals surface area contributed by atoms with E-state index in [9.17, 15) is 19.2 Å². The Kier molecular flexibility index (Phi) is 4.29. The average Bonchev–Trinajstić information content (AvgIpc) is 2.72. The van der Waals surface area contributed by atoms with Gasteiger partial charge in [0.1, 0.15) is 13.2 Å². The number of benzene rings is 1. The highest BCUT2D eigenvalue weighted by Crippen LogP contribution is 2.22. The number of imide groups is 1. The lowest BCUT2D eigenvalue weighted by Gasteiger charge is -2.12. The minimum absolute atomic E-state index is 0.158. The maximum absolute atomic E-state index is 11.9. The maximum atomic E-state index is 11.9. The molecule has 1 aromatic rings. The van der Waals surface area contributed by atoms with Crippen LogP contribution in [0.15, 0.2) is 24.3 Å². The molecule has 0 atom stereocenters. The van der Waals surface area contributed by atoms with Crippen LogP contribution in [0.5, 0.6) is 0 Å². The zero-order chi connectivity index (χ0) is 15.4. The summed E-state index contributed by atoms with van der Waals surface area (Å²) < 4.78 is 9.01. The molecule has 110 valence electrons. The molecule has 1 aliphatic heterocycles. The smallest absolute Gasteiger partial charge is 0.358 e. The molecular weight excluding hydrogens is 282 g/mol. The molecule has 2 rings (SSSR count). The number of fused-ring (bicyclic) bond motifs is 1. The Morgan fingerprint density at radius 1 is 1.00 bits per heavy atom. The van der Waals surface area contributed by atoms with Crippen molar-refractivity contribution >= 4 is 23.8 Å². The first-order chi connectivity index (χ1) is 10.0. The van der Waals surface area contributed by atoms with E-state index in [0.717, 1.165) is 0 Å². The molecule has 0 radical (unpaired) electrons. The van der Waals surface area contributed by atoms with Gasteiger partial charge in [-0.2, -0.15) is 0 Å². The molecule has 0 spiro atoms. The summed E-state index contributed by atoms with van der Waals surface area (Å²) in [5.41, 5.74) is 0.316. The summed E-state index contributed by atoms with van der Waals surface area (Å²) in [5, 5.41) is 0.370. The Labute approximate surface area is 119 Å². The van der Waals surface area contributed by atoms with Crippen molar-refractivity contribution in [2.45, 2.75) is 0 Å². The molecule has 0 N–H and O–H groups in total. The second-order valence-corrected chi connectivity index (χ2v) is 3.98. The van der Waals surface area contributed by atoms with E-state index in [1.807, 2.05) is 0 Å². The van der Waals surface area contributed by atoms with Crippen LogP contribution in [0.1, 0.15) is 20.7 Å². The van der Waals surface area contributed by atoms with E-state index in [4.69, 9.17) is 4.74 Å². The number of esters is 1. The van der Waals surface area contributed by atoms with E-state index in [0.29, 0.717) is 5.06 Å². The third-order valence-corrected chi connectivity index (χ3v) is 2.62. The van der Waals surface area contributed by atoms with Crippen LogP contribution in [-0.2, 0) is 23.9 Å². The first-order valence-electron chi connectivity index (χ1n) is 5.87. The van der Waals surface area contributed by atoms with Crippen molar-refractivity contribution in [3.8, 4) is 0 Å². The van der Waals surface area contributed by atoms with Crippen molar-refractivity contribution in [1.82, 2.24) is 5.06 Å². The van der Waals surface area contributed by atoms with Crippen LogP contribution in [0, 0.1) is 0 Å². The molecule has 0 unspecified atom stereocenters. The number of amides is 2. The molecule has 2 amide bonds. The number of ether oxygens (including phenoxy) is 2. The Morgan fingerprint density at radius 3 is 2.05 bits per heavy atom. The number of carbonyl (C=O) groups is 4. The minimum atomic E-state index is -0.978. The van der Waals surface area contributed by atoms with E-state index in [1.54, 1.807) is 12.1 Å². The highest BCUT2D eigenvalue weighted by Gasteiger charge is 2.38. The molecule has 1 aliphatic rings. The number of hydroxylamine groups is 2. The molecule has 0 saturated heterocycles. The van der Waals surface area contributed by atoms with Crippen LogP contribution in [0.2, 0.25) is 0 Å². The molecule has 1 heterocycles. The minimum Gasteiger partial charge on any atom is -0.467 e. The summed E-state index contributed by atoms with van der Waals surface area (Å²) in [6.45, 7) is -1.03. The fourth-order valence-electron chi connectivity index (χ4n) is 1.65. The molecule has 8 nitrogen and oxygen atoms in total. The van der Waals surface area contributed by atoms with E-state index in [2.05, 4.69) is 9.57 Å². The molecule has 1 aromatic carbocycles. The van der Waals surface area contributed by atoms with E-state index >= 15 is 0 Å². The number of methoxy groups -OCH3 is 1. The second kappa shape index (κ2) is 6.14. The monoisotopic (exact) mass is 293 g/mol. The fourth-order valence-corrected chi connectivity index (χ4v) is 1.65. The normalized spacial score (nSPS) is 13.1. The van der Waals surface area contributed by atoms with Crippen molar-refractivity contribution in [3.63, 3.8) is 0 Å². The maximum Gasteiger partial charge on any atom is 0.358 e. The van der Waals surface area contributed by atoms with Gasteiger partial charge < -0.3 is 14.3 Å². The lowest BCUT2D eigenvalue weighted by Crippen LogP contribution is -2.34. The van der Waals surface area contributed by atoms with Crippen molar-refractivity contribution in [1.29, 1.82) is 0 Å². The predicted octanol–water partition coefficient (Wildman–Crippen LogP) is -0.0696. The number of carbonyl (C=O) groups excluding carboxylic acids is 4. The molecule has 0 saturated carbocycles. The lowest BCUT2D eigenvalue weighted by atomic mass is 10.1. The van der Waals surface area contributed by atoms with Crippen molar-refractivity contribution in [2.24, 2.45) is 0 Å². The summed E-state index contributed by atoms with van der Waals surface area (Å²) in [6.07, 6.45) is 0. The molecule has 0 aliphatic carbocycles. The van der Waals surface area contributed by atoms with Crippen LogP contribution in [0.3, 0.4) is 0 Å². The summed E-state index contributed by atoms with van der Waals surface area (Å²) in [6, 6.07) is 6.10. The van der Waals surface area contributed by atoms with Gasteiger partial charge in [0, 0.05) is 0 Å². The molecule has 8 heteroatoms. The van der Waals surface area contributed by atoms with Crippen molar-refractivity contribution in [3.05, 3.63) is 35.4 Å². The quantitative estimate of drug-likeness (QED) is 0.553. The molecular formula is C13H11NO7. The van der Waals surface area contributed by atoms with Crippen molar-refractivity contribution in [2.75, 3.05) is 20.3 Å². The third-order valence-electron chi connectivity index (χ3n) is 2.62. The van der Waals surface area contributed by atoms with Gasteiger partial charge in [-0.15, -0.1) is 0 Å². The topological polar surface area (TPSA) is 99.2 Å². The number of hydrogen-bond acceptors (Lipinski definition) is 7. The molecule has 0 aromatic heterocycles. The second-order valence-electron chi connectivity index (χ2n) is 3.98. The zero-order valence-electron chi connectivity index (χ0n) is 11.0. The van der Waals surface area contributed by atoms with Crippen LogP contribution >= 0.6 is 0 Å². The van der Waals surface area contributed by atoms with Crippen LogP contribution in [0.4, 0.5) is 0 Å². The van der Waals surface area contributed by atoms with Crippen LogP contribution in [0.25, 0.3) is 0 Å². The summed E-state index contributed by atoms with van der Waals surface area (Å²) in [7, 11) is 1.17. The highest BCUT2D eigenvalue weighted by atomic mass is 16.7. The average molecular weight is 293 g/mol. The van der Waals surface area contributed by atoms with Gasteiger partial charge in [-0.3, -0.25) is 9.59 Å². The Morgan fingerprint density at radius 2 is 1.52 bits per heavy atom. The first kappa shape index (κ1) is 14.7. The zero-order valence-corrected chi connectivity index (χ0v) is 11.0. The number of nitrogens with zero attached hydrogens (tertiary/aromatic N) is 1.